The van der Waals surface area contributed by atoms with Gasteiger partial charge in [-0.3, -0.25) is 14.4 Å². The second-order valence-corrected chi connectivity index (χ2v) is 8.16. The van der Waals surface area contributed by atoms with E-state index < -0.39 is 35.0 Å². The summed E-state index contributed by atoms with van der Waals surface area (Å²) in [6.07, 6.45) is 0.906. The maximum atomic E-state index is 12.6. The summed E-state index contributed by atoms with van der Waals surface area (Å²) in [6, 6.07) is 7.45. The molecule has 1 aliphatic heterocycles. The van der Waals surface area contributed by atoms with Crippen molar-refractivity contribution in [3.8, 4) is 11.8 Å². The number of amides is 2. The van der Waals surface area contributed by atoms with Gasteiger partial charge in [0.05, 0.1) is 11.1 Å². The van der Waals surface area contributed by atoms with Gasteiger partial charge in [-0.05, 0) is 43.9 Å². The molecule has 0 fully saturated rings. The van der Waals surface area contributed by atoms with Crippen LogP contribution in [-0.4, -0.2) is 34.0 Å². The van der Waals surface area contributed by atoms with Crippen LogP contribution >= 0.6 is 12.0 Å². The van der Waals surface area contributed by atoms with Gasteiger partial charge in [-0.1, -0.05) is 30.9 Å². The summed E-state index contributed by atoms with van der Waals surface area (Å²) < 4.78 is 47.2. The van der Waals surface area contributed by atoms with Gasteiger partial charge in [0.1, 0.15) is 12.0 Å². The van der Waals surface area contributed by atoms with Crippen LogP contribution < -0.4 is 0 Å². The molecule has 10 heteroatoms. The molecule has 0 spiro atoms. The number of benzene rings is 2. The van der Waals surface area contributed by atoms with Crippen molar-refractivity contribution in [1.82, 2.24) is 5.06 Å². The molecule has 32 heavy (non-hydrogen) atoms. The summed E-state index contributed by atoms with van der Waals surface area (Å²) in [5.74, 6) is 3.39. The first-order valence-electron chi connectivity index (χ1n) is 9.55. The molecule has 2 amide bonds. The maximum Gasteiger partial charge on any atom is 0.470 e. The van der Waals surface area contributed by atoms with Crippen LogP contribution in [0.1, 0.15) is 59.9 Å². The average molecular weight is 465 g/mol. The topological polar surface area (TPSA) is 72.9 Å². The molecule has 0 aliphatic carbocycles. The summed E-state index contributed by atoms with van der Waals surface area (Å²) >= 11 is -0.946. The Morgan fingerprint density at radius 2 is 1.75 bits per heavy atom. The number of hydrogen-bond donors (Lipinski definition) is 0. The molecule has 0 unspecified atom stereocenters. The molecule has 1 aliphatic rings. The number of hydroxylamine groups is 2. The van der Waals surface area contributed by atoms with Gasteiger partial charge in [-0.15, -0.1) is 5.06 Å². The quantitative estimate of drug-likeness (QED) is 0.268. The highest BCUT2D eigenvalue weighted by atomic mass is 32.2. The van der Waals surface area contributed by atoms with E-state index in [0.29, 0.717) is 17.4 Å². The molecule has 0 bridgehead atoms. The standard InChI is InChI=1S/C22H18F3NO5S/c1-4-6-17(27)30-21(2,3)12-11-13-9-10-16-18-14(13)7-5-8-15(18)19(28)26(20(16)29)31-32-22(23,24)25/h5,7-10H,4,6H2,1-3H3. The summed E-state index contributed by atoms with van der Waals surface area (Å²) in [7, 11) is 0. The minimum Gasteiger partial charge on any atom is -0.446 e. The van der Waals surface area contributed by atoms with Gasteiger partial charge in [-0.2, -0.15) is 17.5 Å². The van der Waals surface area contributed by atoms with E-state index in [9.17, 15) is 27.6 Å². The third kappa shape index (κ3) is 5.06. The van der Waals surface area contributed by atoms with Gasteiger partial charge < -0.3 is 4.74 Å². The van der Waals surface area contributed by atoms with Crippen molar-refractivity contribution >= 4 is 40.6 Å². The van der Waals surface area contributed by atoms with E-state index in [1.54, 1.807) is 19.9 Å². The van der Waals surface area contributed by atoms with Crippen molar-refractivity contribution in [1.29, 1.82) is 0 Å². The predicted octanol–water partition coefficient (Wildman–Crippen LogP) is 5.01. The van der Waals surface area contributed by atoms with Gasteiger partial charge in [0.15, 0.2) is 5.60 Å². The van der Waals surface area contributed by atoms with Crippen LogP contribution in [0.3, 0.4) is 0 Å². The number of ether oxygens (including phenoxy) is 1. The first-order chi connectivity index (χ1) is 14.9. The van der Waals surface area contributed by atoms with Crippen LogP contribution in [-0.2, 0) is 13.8 Å². The Labute approximate surface area is 186 Å². The monoisotopic (exact) mass is 465 g/mol. The largest absolute Gasteiger partial charge is 0.470 e. The molecule has 0 saturated heterocycles. The lowest BCUT2D eigenvalue weighted by Crippen LogP contribution is -2.39. The van der Waals surface area contributed by atoms with E-state index in [4.69, 9.17) is 4.74 Å². The molecule has 6 nitrogen and oxygen atoms in total. The summed E-state index contributed by atoms with van der Waals surface area (Å²) in [5, 5.41) is 0.830. The molecular formula is C22H18F3NO5S. The zero-order valence-corrected chi connectivity index (χ0v) is 18.1. The molecule has 3 rings (SSSR count). The number of carbonyl (C=O) groups excluding carboxylic acids is 3. The second kappa shape index (κ2) is 8.84. The Morgan fingerprint density at radius 1 is 1.09 bits per heavy atom. The number of carbonyl (C=O) groups is 3. The molecule has 1 heterocycles. The fourth-order valence-corrected chi connectivity index (χ4v) is 3.41. The number of imide groups is 1. The molecule has 0 aromatic heterocycles. The second-order valence-electron chi connectivity index (χ2n) is 7.38. The van der Waals surface area contributed by atoms with Crippen LogP contribution in [0.4, 0.5) is 13.2 Å². The van der Waals surface area contributed by atoms with Crippen LogP contribution in [0.5, 0.6) is 0 Å². The maximum absolute atomic E-state index is 12.6. The number of rotatable bonds is 5. The minimum atomic E-state index is -4.79. The van der Waals surface area contributed by atoms with Crippen molar-refractivity contribution in [3.63, 3.8) is 0 Å². The number of nitrogens with zero attached hydrogens (tertiary/aromatic N) is 1. The first-order valence-corrected chi connectivity index (χ1v) is 10.3. The van der Waals surface area contributed by atoms with Crippen molar-refractivity contribution in [2.75, 3.05) is 0 Å². The zero-order valence-electron chi connectivity index (χ0n) is 17.3. The molecule has 0 N–H and O–H groups in total. The number of hydrogen-bond acceptors (Lipinski definition) is 6. The first kappa shape index (κ1) is 23.6. The van der Waals surface area contributed by atoms with Crippen LogP contribution in [0.2, 0.25) is 0 Å². The van der Waals surface area contributed by atoms with Crippen LogP contribution in [0.25, 0.3) is 10.8 Å². The molecule has 2 aromatic rings. The minimum absolute atomic E-state index is 0.0113. The third-order valence-corrected chi connectivity index (χ3v) is 4.81. The summed E-state index contributed by atoms with van der Waals surface area (Å²) in [6.45, 7) is 5.13. The van der Waals surface area contributed by atoms with E-state index in [1.807, 2.05) is 6.92 Å². The van der Waals surface area contributed by atoms with Crippen LogP contribution in [0, 0.1) is 11.8 Å². The molecule has 0 radical (unpaired) electrons. The lowest BCUT2D eigenvalue weighted by atomic mass is 9.92. The fraction of sp³-hybridized carbons (Fsp3) is 0.318. The summed E-state index contributed by atoms with van der Waals surface area (Å²) in [4.78, 5) is 37.1. The van der Waals surface area contributed by atoms with Crippen molar-refractivity contribution in [2.45, 2.75) is 44.7 Å². The van der Waals surface area contributed by atoms with E-state index in [1.165, 1.54) is 24.3 Å². The fourth-order valence-electron chi connectivity index (χ4n) is 3.11. The smallest absolute Gasteiger partial charge is 0.446 e. The SMILES string of the molecule is CCCC(=O)OC(C)(C)C#Cc1ccc2c3c(cccc13)C(=O)N(OSC(F)(F)F)C2=O. The normalized spacial score (nSPS) is 13.8. The molecule has 0 atom stereocenters. The zero-order chi connectivity index (χ0) is 23.7. The Morgan fingerprint density at radius 3 is 2.38 bits per heavy atom. The Bertz CT molecular complexity index is 1140. The van der Waals surface area contributed by atoms with E-state index in [0.717, 1.165) is 0 Å². The predicted molar refractivity (Wildman–Crippen MR) is 111 cm³/mol. The van der Waals surface area contributed by atoms with Gasteiger partial charge in [0, 0.05) is 17.4 Å². The summed E-state index contributed by atoms with van der Waals surface area (Å²) in [5.41, 5.74) is -5.38. The van der Waals surface area contributed by atoms with Crippen molar-refractivity contribution < 1.29 is 36.6 Å². The Hall–Kier alpha value is -3.03. The third-order valence-electron chi connectivity index (χ3n) is 4.40. The van der Waals surface area contributed by atoms with Crippen LogP contribution in [0.15, 0.2) is 30.3 Å². The lowest BCUT2D eigenvalue weighted by Gasteiger charge is -2.25. The number of alkyl halides is 3. The van der Waals surface area contributed by atoms with Gasteiger partial charge in [-0.25, -0.2) is 0 Å². The van der Waals surface area contributed by atoms with Gasteiger partial charge >= 0.3 is 11.5 Å². The van der Waals surface area contributed by atoms with Crippen molar-refractivity contribution in [2.24, 2.45) is 0 Å². The highest BCUT2D eigenvalue weighted by Crippen LogP contribution is 2.36. The van der Waals surface area contributed by atoms with E-state index >= 15 is 0 Å². The highest BCUT2D eigenvalue weighted by Gasteiger charge is 2.39. The van der Waals surface area contributed by atoms with E-state index in [2.05, 4.69) is 16.1 Å². The molecular weight excluding hydrogens is 447 g/mol. The average Bonchev–Trinajstić information content (AvgIpc) is 2.69. The number of halogens is 3. The van der Waals surface area contributed by atoms with Gasteiger partial charge in [0.2, 0.25) is 0 Å². The van der Waals surface area contributed by atoms with Crippen molar-refractivity contribution in [3.05, 3.63) is 47.0 Å². The molecule has 0 saturated carbocycles. The lowest BCUT2D eigenvalue weighted by molar-refractivity contribution is -0.151. The van der Waals surface area contributed by atoms with E-state index in [-0.39, 0.29) is 34.0 Å². The molecule has 168 valence electrons. The number of esters is 1. The Kier molecular flexibility index (Phi) is 6.53. The Balaban J connectivity index is 1.99. The van der Waals surface area contributed by atoms with Gasteiger partial charge in [0.25, 0.3) is 11.8 Å². The highest BCUT2D eigenvalue weighted by molar-refractivity contribution is 7.95. The molecule has 2 aromatic carbocycles.